The van der Waals surface area contributed by atoms with Crippen LogP contribution in [0.2, 0.25) is 0 Å². The molecular formula is C13H23N5O2. The molecular weight excluding hydrogens is 258 g/mol. The fraction of sp³-hybridized carbons (Fsp3) is 0.769. The molecule has 0 saturated carbocycles. The van der Waals surface area contributed by atoms with Gasteiger partial charge in [0.25, 0.3) is 0 Å². The quantitative estimate of drug-likeness (QED) is 0.669. The van der Waals surface area contributed by atoms with Crippen LogP contribution in [0.4, 0.5) is 11.5 Å². The number of nitrogens with two attached hydrogens (primary N) is 1. The summed E-state index contributed by atoms with van der Waals surface area (Å²) in [6.45, 7) is 6.16. The number of aromatic nitrogens is 2. The smallest absolute Gasteiger partial charge is 0.334 e. The van der Waals surface area contributed by atoms with Gasteiger partial charge in [0.1, 0.15) is 5.69 Å². The largest absolute Gasteiger partial charge is 0.351 e. The van der Waals surface area contributed by atoms with Gasteiger partial charge in [0.05, 0.1) is 4.92 Å². The fourth-order valence-electron chi connectivity index (χ4n) is 2.82. The molecule has 0 amide bonds. The van der Waals surface area contributed by atoms with Gasteiger partial charge in [0, 0.05) is 26.1 Å². The molecule has 1 aliphatic rings. The zero-order valence-electron chi connectivity index (χ0n) is 12.4. The van der Waals surface area contributed by atoms with Gasteiger partial charge in [-0.1, -0.05) is 13.8 Å². The molecule has 1 aromatic rings. The minimum absolute atomic E-state index is 0.0388. The van der Waals surface area contributed by atoms with Crippen molar-refractivity contribution < 1.29 is 4.92 Å². The lowest BCUT2D eigenvalue weighted by Gasteiger charge is -2.32. The van der Waals surface area contributed by atoms with Gasteiger partial charge in [-0.25, -0.2) is 4.68 Å². The Morgan fingerprint density at radius 3 is 2.50 bits per heavy atom. The molecule has 0 atom stereocenters. The highest BCUT2D eigenvalue weighted by Gasteiger charge is 2.33. The summed E-state index contributed by atoms with van der Waals surface area (Å²) in [6.07, 6.45) is 1.96. The summed E-state index contributed by atoms with van der Waals surface area (Å²) in [5.41, 5.74) is 6.42. The molecule has 0 radical (unpaired) electrons. The van der Waals surface area contributed by atoms with Crippen LogP contribution in [0.15, 0.2) is 0 Å². The van der Waals surface area contributed by atoms with E-state index in [-0.39, 0.29) is 16.5 Å². The Kier molecular flexibility index (Phi) is 4.27. The molecule has 1 saturated heterocycles. The van der Waals surface area contributed by atoms with Crippen LogP contribution in [0.25, 0.3) is 0 Å². The van der Waals surface area contributed by atoms with E-state index in [1.807, 2.05) is 13.8 Å². The van der Waals surface area contributed by atoms with Crippen molar-refractivity contribution in [1.29, 1.82) is 0 Å². The number of nitrogens with zero attached hydrogens (tertiary/aromatic N) is 4. The summed E-state index contributed by atoms with van der Waals surface area (Å²) in [5, 5.41) is 15.8. The molecule has 0 aromatic carbocycles. The summed E-state index contributed by atoms with van der Waals surface area (Å²) >= 11 is 0. The van der Waals surface area contributed by atoms with Crippen molar-refractivity contribution in [1.82, 2.24) is 9.78 Å². The maximum Gasteiger partial charge on any atom is 0.334 e. The molecule has 1 aliphatic heterocycles. The molecule has 0 unspecified atom stereocenters. The van der Waals surface area contributed by atoms with E-state index in [2.05, 4.69) is 10.00 Å². The Hall–Kier alpha value is -1.63. The molecule has 20 heavy (non-hydrogen) atoms. The lowest BCUT2D eigenvalue weighted by Crippen LogP contribution is -2.37. The number of piperidine rings is 1. The molecule has 0 bridgehead atoms. The maximum atomic E-state index is 11.4. The van der Waals surface area contributed by atoms with Gasteiger partial charge in [0.15, 0.2) is 0 Å². The Labute approximate surface area is 118 Å². The number of anilines is 1. The predicted octanol–water partition coefficient (Wildman–Crippen LogP) is 1.63. The summed E-state index contributed by atoms with van der Waals surface area (Å²) in [7, 11) is 1.78. The number of hydrogen-bond donors (Lipinski definition) is 1. The summed E-state index contributed by atoms with van der Waals surface area (Å²) < 4.78 is 1.65. The summed E-state index contributed by atoms with van der Waals surface area (Å²) in [5.74, 6) is 1.20. The molecule has 112 valence electrons. The monoisotopic (exact) mass is 281 g/mol. The Morgan fingerprint density at radius 2 is 2.05 bits per heavy atom. The Bertz CT molecular complexity index is 489. The zero-order chi connectivity index (χ0) is 14.9. The zero-order valence-corrected chi connectivity index (χ0v) is 12.4. The maximum absolute atomic E-state index is 11.4. The van der Waals surface area contributed by atoms with Gasteiger partial charge in [0.2, 0.25) is 5.82 Å². The second kappa shape index (κ2) is 5.78. The molecule has 2 N–H and O–H groups in total. The first-order chi connectivity index (χ1) is 9.45. The lowest BCUT2D eigenvalue weighted by molar-refractivity contribution is -0.385. The predicted molar refractivity (Wildman–Crippen MR) is 77.9 cm³/mol. The first kappa shape index (κ1) is 14.8. The third-order valence-electron chi connectivity index (χ3n) is 4.00. The number of hydrogen-bond acceptors (Lipinski definition) is 5. The molecule has 2 rings (SSSR count). The third-order valence-corrected chi connectivity index (χ3v) is 4.00. The number of nitro groups is 1. The first-order valence-corrected chi connectivity index (χ1v) is 7.12. The standard InChI is InChI=1S/C13H23N5O2/c1-9(2)11-12(18(19)20)13(16(3)15-11)17-6-4-10(8-14)5-7-17/h9-10H,4-8,14H2,1-3H3. The SMILES string of the molecule is CC(C)c1nn(C)c(N2CCC(CN)CC2)c1[N+](=O)[O-]. The normalized spacial score (nSPS) is 16.9. The van der Waals surface area contributed by atoms with E-state index in [9.17, 15) is 10.1 Å². The average Bonchev–Trinajstić information content (AvgIpc) is 2.77. The van der Waals surface area contributed by atoms with Crippen molar-refractivity contribution in [3.05, 3.63) is 15.8 Å². The molecule has 7 nitrogen and oxygen atoms in total. The Balaban J connectivity index is 2.34. The van der Waals surface area contributed by atoms with E-state index < -0.39 is 0 Å². The van der Waals surface area contributed by atoms with Gasteiger partial charge < -0.3 is 10.6 Å². The lowest BCUT2D eigenvalue weighted by atomic mass is 9.97. The molecule has 1 aromatic heterocycles. The van der Waals surface area contributed by atoms with Crippen molar-refractivity contribution >= 4 is 11.5 Å². The molecule has 0 aliphatic carbocycles. The van der Waals surface area contributed by atoms with Crippen molar-refractivity contribution in [2.75, 3.05) is 24.5 Å². The van der Waals surface area contributed by atoms with Crippen LogP contribution in [0.5, 0.6) is 0 Å². The average molecular weight is 281 g/mol. The number of aryl methyl sites for hydroxylation is 1. The van der Waals surface area contributed by atoms with E-state index in [0.29, 0.717) is 24.0 Å². The highest BCUT2D eigenvalue weighted by molar-refractivity contribution is 5.62. The topological polar surface area (TPSA) is 90.2 Å². The molecule has 1 fully saturated rings. The van der Waals surface area contributed by atoms with E-state index in [1.54, 1.807) is 11.7 Å². The van der Waals surface area contributed by atoms with Crippen molar-refractivity contribution in [2.24, 2.45) is 18.7 Å². The van der Waals surface area contributed by atoms with Crippen molar-refractivity contribution in [2.45, 2.75) is 32.6 Å². The van der Waals surface area contributed by atoms with Crippen LogP contribution in [-0.4, -0.2) is 34.3 Å². The van der Waals surface area contributed by atoms with Crippen LogP contribution in [0.1, 0.15) is 38.3 Å². The van der Waals surface area contributed by atoms with Gasteiger partial charge in [-0.3, -0.25) is 10.1 Å². The Morgan fingerprint density at radius 1 is 1.45 bits per heavy atom. The van der Waals surface area contributed by atoms with E-state index in [1.165, 1.54) is 0 Å². The molecule has 0 spiro atoms. The van der Waals surface area contributed by atoms with Crippen LogP contribution < -0.4 is 10.6 Å². The second-order valence-corrected chi connectivity index (χ2v) is 5.76. The van der Waals surface area contributed by atoms with Crippen LogP contribution >= 0.6 is 0 Å². The highest BCUT2D eigenvalue weighted by Crippen LogP contribution is 2.36. The van der Waals surface area contributed by atoms with Gasteiger partial charge in [-0.05, 0) is 25.3 Å². The first-order valence-electron chi connectivity index (χ1n) is 7.12. The van der Waals surface area contributed by atoms with Crippen LogP contribution in [0, 0.1) is 16.0 Å². The van der Waals surface area contributed by atoms with Crippen LogP contribution in [-0.2, 0) is 7.05 Å². The molecule has 7 heteroatoms. The van der Waals surface area contributed by atoms with Crippen LogP contribution in [0.3, 0.4) is 0 Å². The fourth-order valence-corrected chi connectivity index (χ4v) is 2.82. The van der Waals surface area contributed by atoms with Gasteiger partial charge in [-0.2, -0.15) is 5.10 Å². The van der Waals surface area contributed by atoms with Gasteiger partial charge >= 0.3 is 5.69 Å². The molecule has 2 heterocycles. The minimum Gasteiger partial charge on any atom is -0.351 e. The minimum atomic E-state index is -0.299. The highest BCUT2D eigenvalue weighted by atomic mass is 16.6. The number of rotatable bonds is 4. The third kappa shape index (κ3) is 2.63. The van der Waals surface area contributed by atoms with Gasteiger partial charge in [-0.15, -0.1) is 0 Å². The summed E-state index contributed by atoms with van der Waals surface area (Å²) in [4.78, 5) is 13.2. The summed E-state index contributed by atoms with van der Waals surface area (Å²) in [6, 6.07) is 0. The van der Waals surface area contributed by atoms with E-state index >= 15 is 0 Å². The van der Waals surface area contributed by atoms with Crippen molar-refractivity contribution in [3.63, 3.8) is 0 Å². The second-order valence-electron chi connectivity index (χ2n) is 5.76. The van der Waals surface area contributed by atoms with Crippen molar-refractivity contribution in [3.8, 4) is 0 Å². The van der Waals surface area contributed by atoms with E-state index in [0.717, 1.165) is 25.9 Å². The van der Waals surface area contributed by atoms with E-state index in [4.69, 9.17) is 5.73 Å².